The van der Waals surface area contributed by atoms with Crippen molar-refractivity contribution in [2.24, 2.45) is 0 Å². The Labute approximate surface area is 164 Å². The lowest BCUT2D eigenvalue weighted by atomic mass is 10.2. The summed E-state index contributed by atoms with van der Waals surface area (Å²) >= 11 is 0. The van der Waals surface area contributed by atoms with Gasteiger partial charge in [0.1, 0.15) is 5.76 Å². The summed E-state index contributed by atoms with van der Waals surface area (Å²) in [7, 11) is 3.18. The van der Waals surface area contributed by atoms with Crippen molar-refractivity contribution in [2.45, 2.75) is 20.0 Å². The molecule has 0 unspecified atom stereocenters. The van der Waals surface area contributed by atoms with Gasteiger partial charge in [-0.05, 0) is 48.9 Å². The molecule has 0 saturated carbocycles. The summed E-state index contributed by atoms with van der Waals surface area (Å²) in [6, 6.07) is 16.7. The zero-order valence-electron chi connectivity index (χ0n) is 16.3. The van der Waals surface area contributed by atoms with Crippen molar-refractivity contribution in [3.8, 4) is 11.5 Å². The largest absolute Gasteiger partial charge is 0.493 e. The number of rotatable bonds is 7. The number of nitrogens with one attached hydrogen (secondary N) is 1. The first-order chi connectivity index (χ1) is 13.6. The van der Waals surface area contributed by atoms with Gasteiger partial charge in [0.15, 0.2) is 11.5 Å². The molecule has 0 spiro atoms. The number of aryl methyl sites for hydroxylation is 1. The molecule has 0 atom stereocenters. The van der Waals surface area contributed by atoms with Gasteiger partial charge < -0.3 is 24.1 Å². The van der Waals surface area contributed by atoms with Gasteiger partial charge in [-0.2, -0.15) is 0 Å². The fourth-order valence-electron chi connectivity index (χ4n) is 2.83. The first-order valence-corrected chi connectivity index (χ1v) is 8.95. The number of benzene rings is 2. The second kappa shape index (κ2) is 8.99. The van der Waals surface area contributed by atoms with Crippen LogP contribution in [0.25, 0.3) is 0 Å². The fraction of sp³-hybridized carbons (Fsp3) is 0.227. The van der Waals surface area contributed by atoms with Crippen molar-refractivity contribution in [2.75, 3.05) is 19.5 Å². The number of furan rings is 1. The second-order valence-electron chi connectivity index (χ2n) is 6.42. The summed E-state index contributed by atoms with van der Waals surface area (Å²) in [6.45, 7) is 2.74. The van der Waals surface area contributed by atoms with Gasteiger partial charge in [0.2, 0.25) is 0 Å². The summed E-state index contributed by atoms with van der Waals surface area (Å²) in [5.74, 6) is 1.98. The summed E-state index contributed by atoms with van der Waals surface area (Å²) in [5, 5.41) is 2.94. The Hall–Kier alpha value is -3.41. The maximum absolute atomic E-state index is 12.9. The molecule has 2 amide bonds. The van der Waals surface area contributed by atoms with E-state index in [1.807, 2.05) is 61.5 Å². The highest BCUT2D eigenvalue weighted by molar-refractivity contribution is 5.89. The van der Waals surface area contributed by atoms with Crippen molar-refractivity contribution in [1.82, 2.24) is 4.90 Å². The molecule has 0 saturated heterocycles. The number of methoxy groups -OCH3 is 2. The van der Waals surface area contributed by atoms with Crippen LogP contribution in [0, 0.1) is 6.92 Å². The van der Waals surface area contributed by atoms with Crippen LogP contribution in [0.5, 0.6) is 11.5 Å². The van der Waals surface area contributed by atoms with E-state index in [2.05, 4.69) is 5.32 Å². The maximum atomic E-state index is 12.9. The van der Waals surface area contributed by atoms with Crippen LogP contribution in [0.4, 0.5) is 10.5 Å². The minimum Gasteiger partial charge on any atom is -0.493 e. The smallest absolute Gasteiger partial charge is 0.322 e. The van der Waals surface area contributed by atoms with E-state index < -0.39 is 0 Å². The van der Waals surface area contributed by atoms with Crippen LogP contribution < -0.4 is 14.8 Å². The van der Waals surface area contributed by atoms with E-state index in [0.717, 1.165) is 16.8 Å². The topological polar surface area (TPSA) is 63.9 Å². The number of ether oxygens (including phenoxy) is 2. The molecule has 1 aromatic heterocycles. The van der Waals surface area contributed by atoms with E-state index in [1.54, 1.807) is 25.4 Å². The third-order valence-electron chi connectivity index (χ3n) is 4.34. The number of hydrogen-bond acceptors (Lipinski definition) is 4. The molecule has 0 bridgehead atoms. The van der Waals surface area contributed by atoms with Crippen molar-refractivity contribution >= 4 is 11.7 Å². The third kappa shape index (κ3) is 4.85. The fourth-order valence-corrected chi connectivity index (χ4v) is 2.83. The number of anilines is 1. The van der Waals surface area contributed by atoms with Crippen molar-refractivity contribution in [1.29, 1.82) is 0 Å². The highest BCUT2D eigenvalue weighted by Gasteiger charge is 2.17. The summed E-state index contributed by atoms with van der Waals surface area (Å²) < 4.78 is 16.1. The van der Waals surface area contributed by atoms with Crippen molar-refractivity contribution in [3.63, 3.8) is 0 Å². The van der Waals surface area contributed by atoms with Crippen LogP contribution in [0.1, 0.15) is 16.9 Å². The van der Waals surface area contributed by atoms with E-state index in [9.17, 15) is 4.79 Å². The van der Waals surface area contributed by atoms with E-state index >= 15 is 0 Å². The van der Waals surface area contributed by atoms with Crippen molar-refractivity contribution in [3.05, 3.63) is 77.7 Å². The minimum absolute atomic E-state index is 0.213. The highest BCUT2D eigenvalue weighted by atomic mass is 16.5. The number of carbonyl (C=O) groups is 1. The quantitative estimate of drug-likeness (QED) is 0.637. The third-order valence-corrected chi connectivity index (χ3v) is 4.34. The number of urea groups is 1. The Balaban J connectivity index is 1.80. The zero-order valence-corrected chi connectivity index (χ0v) is 16.3. The first kappa shape index (κ1) is 19.4. The Morgan fingerprint density at radius 3 is 2.39 bits per heavy atom. The molecule has 0 radical (unpaired) electrons. The van der Waals surface area contributed by atoms with Gasteiger partial charge in [-0.15, -0.1) is 0 Å². The summed E-state index contributed by atoms with van der Waals surface area (Å²) in [4.78, 5) is 14.6. The Bertz CT molecular complexity index is 905. The molecular weight excluding hydrogens is 356 g/mol. The van der Waals surface area contributed by atoms with Gasteiger partial charge in [-0.1, -0.05) is 23.8 Å². The number of carbonyl (C=O) groups excluding carboxylic acids is 1. The van der Waals surface area contributed by atoms with E-state index in [0.29, 0.717) is 30.3 Å². The van der Waals surface area contributed by atoms with Gasteiger partial charge in [0.05, 0.1) is 27.0 Å². The predicted molar refractivity (Wildman–Crippen MR) is 108 cm³/mol. The molecule has 0 aliphatic rings. The molecule has 6 nitrogen and oxygen atoms in total. The second-order valence-corrected chi connectivity index (χ2v) is 6.42. The molecule has 28 heavy (non-hydrogen) atoms. The molecule has 146 valence electrons. The average Bonchev–Trinajstić information content (AvgIpc) is 3.22. The Morgan fingerprint density at radius 2 is 1.75 bits per heavy atom. The molecular formula is C22H24N2O4. The molecule has 1 N–H and O–H groups in total. The van der Waals surface area contributed by atoms with Crippen LogP contribution in [0.2, 0.25) is 0 Å². The Morgan fingerprint density at radius 1 is 1.00 bits per heavy atom. The lowest BCUT2D eigenvalue weighted by Crippen LogP contribution is -2.34. The molecule has 3 aromatic rings. The number of hydrogen-bond donors (Lipinski definition) is 1. The summed E-state index contributed by atoms with van der Waals surface area (Å²) in [5.41, 5.74) is 2.80. The van der Waals surface area contributed by atoms with Gasteiger partial charge >= 0.3 is 6.03 Å². The molecule has 1 heterocycles. The molecule has 0 fully saturated rings. The normalized spacial score (nSPS) is 10.4. The number of amides is 2. The van der Waals surface area contributed by atoms with Gasteiger partial charge in [0, 0.05) is 12.2 Å². The predicted octanol–water partition coefficient (Wildman–Crippen LogP) is 4.84. The van der Waals surface area contributed by atoms with Gasteiger partial charge in [0.25, 0.3) is 0 Å². The van der Waals surface area contributed by atoms with Crippen LogP contribution in [-0.2, 0) is 13.1 Å². The van der Waals surface area contributed by atoms with Crippen LogP contribution >= 0.6 is 0 Å². The average molecular weight is 380 g/mol. The van der Waals surface area contributed by atoms with Crippen LogP contribution in [-0.4, -0.2) is 25.2 Å². The van der Waals surface area contributed by atoms with E-state index in [1.165, 1.54) is 0 Å². The molecule has 0 aliphatic heterocycles. The Kier molecular flexibility index (Phi) is 6.22. The minimum atomic E-state index is -0.213. The maximum Gasteiger partial charge on any atom is 0.322 e. The lowest BCUT2D eigenvalue weighted by molar-refractivity contribution is 0.201. The number of nitrogens with zero attached hydrogens (tertiary/aromatic N) is 1. The summed E-state index contributed by atoms with van der Waals surface area (Å²) in [6.07, 6.45) is 1.60. The standard InChI is InChI=1S/C22H24N2O4/c1-16-6-9-18(10-7-16)23-22(25)24(15-19-5-4-12-28-19)14-17-8-11-20(26-2)21(13-17)27-3/h4-13H,14-15H2,1-3H3,(H,23,25). The van der Waals surface area contributed by atoms with E-state index in [4.69, 9.17) is 13.9 Å². The van der Waals surface area contributed by atoms with Crippen molar-refractivity contribution < 1.29 is 18.7 Å². The highest BCUT2D eigenvalue weighted by Crippen LogP contribution is 2.28. The van der Waals surface area contributed by atoms with E-state index in [-0.39, 0.29) is 6.03 Å². The van der Waals surface area contributed by atoms with Gasteiger partial charge in [-0.25, -0.2) is 4.79 Å². The monoisotopic (exact) mass is 380 g/mol. The molecule has 6 heteroatoms. The van der Waals surface area contributed by atoms with Gasteiger partial charge in [-0.3, -0.25) is 0 Å². The van der Waals surface area contributed by atoms with Crippen LogP contribution in [0.15, 0.2) is 65.3 Å². The molecule has 0 aliphatic carbocycles. The first-order valence-electron chi connectivity index (χ1n) is 8.95. The molecule has 3 rings (SSSR count). The SMILES string of the molecule is COc1ccc(CN(Cc2ccco2)C(=O)Nc2ccc(C)cc2)cc1OC. The zero-order chi connectivity index (χ0) is 19.9. The molecule has 2 aromatic carbocycles. The van der Waals surface area contributed by atoms with Crippen LogP contribution in [0.3, 0.4) is 0 Å². The lowest BCUT2D eigenvalue weighted by Gasteiger charge is -2.23.